The number of nitrogens with one attached hydrogen (secondary N) is 1. The van der Waals surface area contributed by atoms with Crippen molar-refractivity contribution in [2.45, 2.75) is 50.1 Å². The molecular weight excluding hydrogens is 232 g/mol. The zero-order valence-electron chi connectivity index (χ0n) is 11.7. The van der Waals surface area contributed by atoms with Gasteiger partial charge in [0.25, 0.3) is 0 Å². The molecule has 0 bridgehead atoms. The van der Waals surface area contributed by atoms with E-state index in [9.17, 15) is 0 Å². The maximum absolute atomic E-state index is 6.19. The standard InChI is InChI=1S/C17H24N2/c1-13-10-11-17(12-18,19-14-6-2-3-7-14)16-9-5-4-8-15(13)16/h2-5,8-9,13-14,19H,6-7,10-12,18H2,1H3. The van der Waals surface area contributed by atoms with Crippen LogP contribution in [0.3, 0.4) is 0 Å². The lowest BCUT2D eigenvalue weighted by Gasteiger charge is -2.43. The largest absolute Gasteiger partial charge is 0.328 e. The summed E-state index contributed by atoms with van der Waals surface area (Å²) < 4.78 is 0. The molecule has 2 nitrogen and oxygen atoms in total. The first kappa shape index (κ1) is 12.9. The van der Waals surface area contributed by atoms with Gasteiger partial charge in [0.15, 0.2) is 0 Å². The van der Waals surface area contributed by atoms with E-state index in [1.165, 1.54) is 17.5 Å². The number of nitrogens with two attached hydrogens (primary N) is 1. The highest BCUT2D eigenvalue weighted by atomic mass is 15.0. The van der Waals surface area contributed by atoms with Crippen LogP contribution in [0.25, 0.3) is 0 Å². The molecule has 0 radical (unpaired) electrons. The van der Waals surface area contributed by atoms with Gasteiger partial charge in [-0.15, -0.1) is 0 Å². The Morgan fingerprint density at radius 3 is 2.74 bits per heavy atom. The van der Waals surface area contributed by atoms with Gasteiger partial charge < -0.3 is 11.1 Å². The average molecular weight is 256 g/mol. The Morgan fingerprint density at radius 1 is 1.26 bits per heavy atom. The lowest BCUT2D eigenvalue weighted by atomic mass is 9.72. The van der Waals surface area contributed by atoms with Gasteiger partial charge in [0.2, 0.25) is 0 Å². The molecule has 2 heteroatoms. The molecule has 2 aliphatic rings. The van der Waals surface area contributed by atoms with Crippen LogP contribution in [0.15, 0.2) is 36.4 Å². The van der Waals surface area contributed by atoms with Crippen LogP contribution in [0, 0.1) is 0 Å². The highest BCUT2D eigenvalue weighted by molar-refractivity contribution is 5.39. The Hall–Kier alpha value is -1.12. The predicted octanol–water partition coefficient (Wildman–Crippen LogP) is 3.05. The molecule has 0 fully saturated rings. The number of rotatable bonds is 3. The first-order valence-corrected chi connectivity index (χ1v) is 7.47. The molecule has 0 saturated heterocycles. The first-order valence-electron chi connectivity index (χ1n) is 7.47. The monoisotopic (exact) mass is 256 g/mol. The van der Waals surface area contributed by atoms with Crippen molar-refractivity contribution in [2.24, 2.45) is 5.73 Å². The summed E-state index contributed by atoms with van der Waals surface area (Å²) in [6, 6.07) is 9.41. The summed E-state index contributed by atoms with van der Waals surface area (Å²) in [6.45, 7) is 3.02. The van der Waals surface area contributed by atoms with Gasteiger partial charge in [-0.2, -0.15) is 0 Å². The van der Waals surface area contributed by atoms with Crippen molar-refractivity contribution in [1.29, 1.82) is 0 Å². The quantitative estimate of drug-likeness (QED) is 0.816. The molecule has 19 heavy (non-hydrogen) atoms. The minimum atomic E-state index is -0.0141. The summed E-state index contributed by atoms with van der Waals surface area (Å²) in [7, 11) is 0. The molecule has 0 spiro atoms. The Bertz CT molecular complexity index is 472. The molecule has 0 amide bonds. The van der Waals surface area contributed by atoms with Crippen molar-refractivity contribution in [1.82, 2.24) is 5.32 Å². The van der Waals surface area contributed by atoms with Gasteiger partial charge in [0, 0.05) is 12.6 Å². The first-order chi connectivity index (χ1) is 9.25. The third kappa shape index (κ3) is 2.24. The maximum atomic E-state index is 6.19. The predicted molar refractivity (Wildman–Crippen MR) is 80.1 cm³/mol. The zero-order valence-corrected chi connectivity index (χ0v) is 11.7. The fraction of sp³-hybridized carbons (Fsp3) is 0.529. The van der Waals surface area contributed by atoms with Crippen LogP contribution in [-0.4, -0.2) is 12.6 Å². The molecule has 0 heterocycles. The van der Waals surface area contributed by atoms with Gasteiger partial charge in [-0.3, -0.25) is 0 Å². The lowest BCUT2D eigenvalue weighted by molar-refractivity contribution is 0.251. The van der Waals surface area contributed by atoms with Gasteiger partial charge >= 0.3 is 0 Å². The van der Waals surface area contributed by atoms with E-state index in [0.717, 1.165) is 19.3 Å². The fourth-order valence-corrected chi connectivity index (χ4v) is 3.66. The van der Waals surface area contributed by atoms with Crippen LogP contribution in [0.5, 0.6) is 0 Å². The normalized spacial score (nSPS) is 30.5. The average Bonchev–Trinajstić information content (AvgIpc) is 2.95. The van der Waals surface area contributed by atoms with Crippen LogP contribution in [0.2, 0.25) is 0 Å². The molecule has 102 valence electrons. The van der Waals surface area contributed by atoms with Crippen LogP contribution in [0.1, 0.15) is 49.7 Å². The molecule has 1 aromatic rings. The van der Waals surface area contributed by atoms with Crippen LogP contribution >= 0.6 is 0 Å². The Morgan fingerprint density at radius 2 is 2.00 bits per heavy atom. The molecule has 0 aliphatic heterocycles. The topological polar surface area (TPSA) is 38.0 Å². The Labute approximate surface area is 116 Å². The minimum absolute atomic E-state index is 0.0141. The highest BCUT2D eigenvalue weighted by Crippen LogP contribution is 2.41. The molecule has 2 unspecified atom stereocenters. The second-order valence-electron chi connectivity index (χ2n) is 6.10. The highest BCUT2D eigenvalue weighted by Gasteiger charge is 2.38. The summed E-state index contributed by atoms with van der Waals surface area (Å²) >= 11 is 0. The van der Waals surface area contributed by atoms with E-state index in [1.54, 1.807) is 0 Å². The van der Waals surface area contributed by atoms with Crippen molar-refractivity contribution in [3.8, 4) is 0 Å². The van der Waals surface area contributed by atoms with Crippen LogP contribution in [0.4, 0.5) is 0 Å². The van der Waals surface area contributed by atoms with Gasteiger partial charge in [-0.1, -0.05) is 43.3 Å². The molecule has 1 aromatic carbocycles. The van der Waals surface area contributed by atoms with E-state index >= 15 is 0 Å². The lowest BCUT2D eigenvalue weighted by Crippen LogP contribution is -2.54. The molecule has 0 saturated carbocycles. The Kier molecular flexibility index (Phi) is 3.46. The SMILES string of the molecule is CC1CCC(CN)(NC2CC=CC2)c2ccccc21. The van der Waals surface area contributed by atoms with E-state index in [0.29, 0.717) is 18.5 Å². The van der Waals surface area contributed by atoms with Crippen molar-refractivity contribution in [3.63, 3.8) is 0 Å². The van der Waals surface area contributed by atoms with Crippen LogP contribution < -0.4 is 11.1 Å². The number of fused-ring (bicyclic) bond motifs is 1. The second kappa shape index (κ2) is 5.10. The summed E-state index contributed by atoms with van der Waals surface area (Å²) in [5.41, 5.74) is 9.10. The molecule has 2 atom stereocenters. The van der Waals surface area contributed by atoms with Crippen molar-refractivity contribution in [2.75, 3.05) is 6.54 Å². The van der Waals surface area contributed by atoms with E-state index in [1.807, 2.05) is 0 Å². The van der Waals surface area contributed by atoms with Crippen LogP contribution in [-0.2, 0) is 5.54 Å². The van der Waals surface area contributed by atoms with E-state index in [4.69, 9.17) is 5.73 Å². The van der Waals surface area contributed by atoms with Crippen molar-refractivity contribution in [3.05, 3.63) is 47.5 Å². The molecular formula is C17H24N2. The van der Waals surface area contributed by atoms with E-state index in [-0.39, 0.29) is 5.54 Å². The van der Waals surface area contributed by atoms with Gasteiger partial charge in [0.05, 0.1) is 5.54 Å². The maximum Gasteiger partial charge on any atom is 0.0564 e. The smallest absolute Gasteiger partial charge is 0.0564 e. The summed E-state index contributed by atoms with van der Waals surface area (Å²) in [5.74, 6) is 0.652. The van der Waals surface area contributed by atoms with E-state index < -0.39 is 0 Å². The Balaban J connectivity index is 1.94. The fourth-order valence-electron chi connectivity index (χ4n) is 3.66. The summed E-state index contributed by atoms with van der Waals surface area (Å²) in [6.07, 6.45) is 9.21. The minimum Gasteiger partial charge on any atom is -0.328 e. The summed E-state index contributed by atoms with van der Waals surface area (Å²) in [4.78, 5) is 0. The summed E-state index contributed by atoms with van der Waals surface area (Å²) in [5, 5.41) is 3.87. The van der Waals surface area contributed by atoms with Gasteiger partial charge in [-0.25, -0.2) is 0 Å². The molecule has 2 aliphatic carbocycles. The zero-order chi connectivity index (χ0) is 13.3. The molecule has 3 rings (SSSR count). The molecule has 0 aromatic heterocycles. The van der Waals surface area contributed by atoms with Crippen molar-refractivity contribution >= 4 is 0 Å². The number of hydrogen-bond acceptors (Lipinski definition) is 2. The number of benzene rings is 1. The van der Waals surface area contributed by atoms with E-state index in [2.05, 4.69) is 48.7 Å². The third-order valence-electron chi connectivity index (χ3n) is 4.85. The number of hydrogen-bond donors (Lipinski definition) is 2. The van der Waals surface area contributed by atoms with Crippen molar-refractivity contribution < 1.29 is 0 Å². The second-order valence-corrected chi connectivity index (χ2v) is 6.10. The van der Waals surface area contributed by atoms with Gasteiger partial charge in [0.1, 0.15) is 0 Å². The third-order valence-corrected chi connectivity index (χ3v) is 4.85. The van der Waals surface area contributed by atoms with Gasteiger partial charge in [-0.05, 0) is 42.7 Å². The molecule has 3 N–H and O–H groups in total.